The summed E-state index contributed by atoms with van der Waals surface area (Å²) in [4.78, 5) is 74.1. The van der Waals surface area contributed by atoms with Crippen LogP contribution >= 0.6 is 0 Å². The summed E-state index contributed by atoms with van der Waals surface area (Å²) in [7, 11) is 1.91. The number of carbonyl (C=O) groups is 5. The Bertz CT molecular complexity index is 3800. The molecule has 0 saturated carbocycles. The van der Waals surface area contributed by atoms with Gasteiger partial charge in [-0.15, -0.1) is 0 Å². The Hall–Kier alpha value is -9.81. The second kappa shape index (κ2) is 28.0. The number of oxime groups is 3. The molecule has 0 amide bonds. The minimum absolute atomic E-state index is 0.00841. The van der Waals surface area contributed by atoms with Crippen LogP contribution in [0.1, 0.15) is 129 Å². The van der Waals surface area contributed by atoms with Crippen LogP contribution in [0.25, 0.3) is 44.1 Å². The molecule has 0 radical (unpaired) electrons. The minimum atomic E-state index is -0.522. The standard InChI is InChI=1S/C26H22N2O3.C20H17N3O2.C19H24N2O3/c1-3-25(29)31-27-18(2)23-17-28(24-12-8-7-11-22(23)24)21-15-13-20(14-16-21)26(30)19-9-5-4-6-10-19;1-3-20(24)25-22-14(2)18-13-23(19-7-5-4-6-17(18)19)16-10-8-15(12-21)9-11-16;1-4-5-6-7-11-17(20-24-14(2)22)19(23)16-13-21(3)18-12-9-8-10-15(16)18/h4-17H,3H2,1-2H3;4-11,13H,3H2,1-2H3;8-10,12-13H,4-7,11H2,1-3H3/b27-18+;22-14+;20-17+. The highest BCUT2D eigenvalue weighted by Gasteiger charge is 2.21. The van der Waals surface area contributed by atoms with Gasteiger partial charge in [0.1, 0.15) is 5.71 Å². The van der Waals surface area contributed by atoms with Gasteiger partial charge in [0.25, 0.3) is 0 Å². The van der Waals surface area contributed by atoms with Crippen molar-refractivity contribution in [2.24, 2.45) is 22.5 Å². The Kier molecular flexibility index (Phi) is 20.3. The highest BCUT2D eigenvalue weighted by Crippen LogP contribution is 2.28. The van der Waals surface area contributed by atoms with Crippen molar-refractivity contribution in [3.05, 3.63) is 204 Å². The lowest BCUT2D eigenvalue weighted by molar-refractivity contribution is -0.144. The molecule has 0 aliphatic heterocycles. The Morgan fingerprint density at radius 1 is 0.500 bits per heavy atom. The van der Waals surface area contributed by atoms with Gasteiger partial charge in [-0.3, -0.25) is 9.59 Å². The van der Waals surface area contributed by atoms with Crippen LogP contribution in [0.4, 0.5) is 0 Å². The first-order valence-electron chi connectivity index (χ1n) is 26.5. The van der Waals surface area contributed by atoms with Crippen LogP contribution in [0.5, 0.6) is 0 Å². The molecule has 0 spiro atoms. The van der Waals surface area contributed by atoms with Crippen molar-refractivity contribution in [3.8, 4) is 17.4 Å². The van der Waals surface area contributed by atoms with Gasteiger partial charge in [-0.25, -0.2) is 14.4 Å². The van der Waals surface area contributed by atoms with Gasteiger partial charge in [-0.2, -0.15) is 5.26 Å². The number of para-hydroxylation sites is 3. The summed E-state index contributed by atoms with van der Waals surface area (Å²) in [5, 5.41) is 23.6. The third kappa shape index (κ3) is 14.4. The number of Topliss-reactive ketones (excluding diaryl/α,β-unsaturated/α-hetero) is 1. The number of aromatic nitrogens is 3. The summed E-state index contributed by atoms with van der Waals surface area (Å²) in [6.07, 6.45) is 10.9. The molecule has 80 heavy (non-hydrogen) atoms. The molecule has 0 unspecified atom stereocenters. The molecule has 6 aromatic carbocycles. The largest absolute Gasteiger partial charge is 0.350 e. The van der Waals surface area contributed by atoms with Gasteiger partial charge in [0.15, 0.2) is 5.78 Å². The molecule has 0 aliphatic rings. The van der Waals surface area contributed by atoms with Gasteiger partial charge < -0.3 is 28.2 Å². The molecule has 15 heteroatoms. The van der Waals surface area contributed by atoms with E-state index in [1.165, 1.54) is 6.92 Å². The topological polar surface area (TPSA) is 189 Å². The molecular weight excluding hydrogens is 1010 g/mol. The van der Waals surface area contributed by atoms with Crippen molar-refractivity contribution < 1.29 is 38.5 Å². The van der Waals surface area contributed by atoms with Crippen LogP contribution in [0, 0.1) is 11.3 Å². The summed E-state index contributed by atoms with van der Waals surface area (Å²) in [6.45, 7) is 10.5. The average Bonchev–Trinajstić information content (AvgIpc) is 4.22. The highest BCUT2D eigenvalue weighted by molar-refractivity contribution is 6.47. The zero-order valence-corrected chi connectivity index (χ0v) is 46.0. The number of ketones is 2. The van der Waals surface area contributed by atoms with E-state index in [-0.39, 0.29) is 36.3 Å². The third-order valence-electron chi connectivity index (χ3n) is 13.0. The SMILES string of the molecule is CCC(=O)O/N=C(\C)c1cn(-c2ccc(C#N)cc2)c2ccccc12.CCC(=O)O/N=C(\C)c1cn(-c2ccc(C(=O)c3ccccc3)cc2)c2ccccc12.CCCCCC/C(=N\OC(C)=O)C(=O)c1cn(C)c2ccccc12. The number of nitrogens with zero attached hydrogens (tertiary/aromatic N) is 7. The zero-order chi connectivity index (χ0) is 57.1. The van der Waals surface area contributed by atoms with Crippen molar-refractivity contribution in [1.82, 2.24) is 13.7 Å². The second-order valence-electron chi connectivity index (χ2n) is 18.7. The number of carbonyl (C=O) groups excluding carboxylic acids is 5. The lowest BCUT2D eigenvalue weighted by atomic mass is 10.0. The number of rotatable bonds is 18. The quantitative estimate of drug-likeness (QED) is 0.0265. The lowest BCUT2D eigenvalue weighted by Gasteiger charge is -2.07. The lowest BCUT2D eigenvalue weighted by Crippen LogP contribution is -2.15. The molecule has 9 aromatic rings. The molecule has 406 valence electrons. The number of unbranched alkanes of at least 4 members (excludes halogenated alkanes) is 3. The van der Waals surface area contributed by atoms with E-state index in [9.17, 15) is 24.0 Å². The number of hydrogen-bond acceptors (Lipinski definition) is 12. The number of fused-ring (bicyclic) bond motifs is 3. The third-order valence-corrected chi connectivity index (χ3v) is 13.0. The molecule has 3 heterocycles. The van der Waals surface area contributed by atoms with E-state index >= 15 is 0 Å². The molecule has 0 saturated heterocycles. The molecule has 15 nitrogen and oxygen atoms in total. The van der Waals surface area contributed by atoms with Crippen molar-refractivity contribution in [3.63, 3.8) is 0 Å². The maximum absolute atomic E-state index is 12.9. The predicted octanol–water partition coefficient (Wildman–Crippen LogP) is 14.0. The molecular formula is C65H63N7O8. The second-order valence-corrected chi connectivity index (χ2v) is 18.7. The van der Waals surface area contributed by atoms with Crippen LogP contribution in [0.15, 0.2) is 186 Å². The number of benzene rings is 6. The Balaban J connectivity index is 0.000000175. The van der Waals surface area contributed by atoms with Crippen LogP contribution < -0.4 is 0 Å². The van der Waals surface area contributed by atoms with Crippen molar-refractivity contribution in [2.45, 2.75) is 86.5 Å². The van der Waals surface area contributed by atoms with Gasteiger partial charge >= 0.3 is 17.9 Å². The monoisotopic (exact) mass is 1070 g/mol. The number of hydrogen-bond donors (Lipinski definition) is 0. The maximum atomic E-state index is 12.9. The first kappa shape index (κ1) is 57.9. The van der Waals surface area contributed by atoms with Gasteiger partial charge in [0.2, 0.25) is 5.78 Å². The molecule has 0 N–H and O–H groups in total. The molecule has 0 bridgehead atoms. The van der Waals surface area contributed by atoms with E-state index in [1.807, 2.05) is 193 Å². The van der Waals surface area contributed by atoms with Crippen LogP contribution in [0.3, 0.4) is 0 Å². The first-order chi connectivity index (χ1) is 38.8. The Labute approximate surface area is 465 Å². The fourth-order valence-electron chi connectivity index (χ4n) is 8.77. The van der Waals surface area contributed by atoms with Crippen LogP contribution in [-0.2, 0) is 35.9 Å². The number of aryl methyl sites for hydroxylation is 1. The summed E-state index contributed by atoms with van der Waals surface area (Å²) >= 11 is 0. The average molecular weight is 1070 g/mol. The van der Waals surface area contributed by atoms with Crippen molar-refractivity contribution in [2.75, 3.05) is 0 Å². The normalized spacial score (nSPS) is 11.5. The summed E-state index contributed by atoms with van der Waals surface area (Å²) in [5.41, 5.74) is 10.7. The highest BCUT2D eigenvalue weighted by atomic mass is 16.7. The van der Waals surface area contributed by atoms with Gasteiger partial charge in [0, 0.05) is 106 Å². The van der Waals surface area contributed by atoms with E-state index in [0.717, 1.165) is 80.9 Å². The number of nitriles is 1. The van der Waals surface area contributed by atoms with Crippen molar-refractivity contribution in [1.29, 1.82) is 5.26 Å². The van der Waals surface area contributed by atoms with Gasteiger partial charge in [-0.1, -0.05) is 140 Å². The summed E-state index contributed by atoms with van der Waals surface area (Å²) in [6, 6.07) is 49.9. The summed E-state index contributed by atoms with van der Waals surface area (Å²) in [5.74, 6) is -1.45. The first-order valence-corrected chi connectivity index (χ1v) is 26.5. The van der Waals surface area contributed by atoms with Crippen molar-refractivity contribution >= 4 is 79.3 Å². The van der Waals surface area contributed by atoms with E-state index in [1.54, 1.807) is 26.0 Å². The summed E-state index contributed by atoms with van der Waals surface area (Å²) < 4.78 is 6.00. The van der Waals surface area contributed by atoms with Crippen LogP contribution in [-0.4, -0.2) is 60.3 Å². The molecule has 0 atom stereocenters. The van der Waals surface area contributed by atoms with E-state index in [2.05, 4.69) is 28.5 Å². The zero-order valence-electron chi connectivity index (χ0n) is 46.0. The van der Waals surface area contributed by atoms with E-state index < -0.39 is 5.97 Å². The van der Waals surface area contributed by atoms with Crippen LogP contribution in [0.2, 0.25) is 0 Å². The molecule has 0 fully saturated rings. The maximum Gasteiger partial charge on any atom is 0.334 e. The van der Waals surface area contributed by atoms with Gasteiger partial charge in [-0.05, 0) is 93.4 Å². The fourth-order valence-corrected chi connectivity index (χ4v) is 8.77. The minimum Gasteiger partial charge on any atom is -0.350 e. The molecule has 0 aliphatic carbocycles. The van der Waals surface area contributed by atoms with Gasteiger partial charge in [0.05, 0.1) is 34.1 Å². The predicted molar refractivity (Wildman–Crippen MR) is 314 cm³/mol. The fraction of sp³-hybridized carbons (Fsp3) is 0.215. The molecule has 3 aromatic heterocycles. The van der Waals surface area contributed by atoms with E-state index in [4.69, 9.17) is 19.8 Å². The Morgan fingerprint density at radius 2 is 0.963 bits per heavy atom. The van der Waals surface area contributed by atoms with E-state index in [0.29, 0.717) is 45.8 Å². The Morgan fingerprint density at radius 3 is 1.45 bits per heavy atom. The molecule has 9 rings (SSSR count). The smallest absolute Gasteiger partial charge is 0.334 e.